The van der Waals surface area contributed by atoms with Crippen molar-refractivity contribution in [3.8, 4) is 0 Å². The third-order valence-electron chi connectivity index (χ3n) is 5.43. The van der Waals surface area contributed by atoms with Crippen LogP contribution in [0.4, 0.5) is 5.69 Å². The fraction of sp³-hybridized carbons (Fsp3) is 0.435. The molecule has 2 aromatic rings. The highest BCUT2D eigenvalue weighted by molar-refractivity contribution is 6.09. The Bertz CT molecular complexity index is 679. The van der Waals surface area contributed by atoms with Gasteiger partial charge in [-0.25, -0.2) is 0 Å². The second-order valence-electron chi connectivity index (χ2n) is 7.51. The van der Waals surface area contributed by atoms with Crippen LogP contribution >= 0.6 is 0 Å². The van der Waals surface area contributed by atoms with Crippen LogP contribution in [0.2, 0.25) is 0 Å². The van der Waals surface area contributed by atoms with E-state index in [4.69, 9.17) is 0 Å². The molecule has 0 amide bonds. The molecule has 1 aliphatic rings. The average molecular weight is 335 g/mol. The third kappa shape index (κ3) is 4.72. The SMILES string of the molecule is CN(C)c1ccc(C(=O)c2ccc(CCC3CCCCC3)cc2)cc1. The second-order valence-corrected chi connectivity index (χ2v) is 7.51. The average Bonchev–Trinajstić information content (AvgIpc) is 2.67. The molecule has 0 atom stereocenters. The van der Waals surface area contributed by atoms with Crippen molar-refractivity contribution >= 4 is 11.5 Å². The zero-order valence-corrected chi connectivity index (χ0v) is 15.5. The Kier molecular flexibility index (Phi) is 5.91. The minimum Gasteiger partial charge on any atom is -0.378 e. The normalized spacial score (nSPS) is 15.1. The van der Waals surface area contributed by atoms with E-state index < -0.39 is 0 Å². The number of aryl methyl sites for hydroxylation is 1. The molecular formula is C23H29NO. The van der Waals surface area contributed by atoms with Crippen LogP contribution in [-0.4, -0.2) is 19.9 Å². The fourth-order valence-corrected chi connectivity index (χ4v) is 3.75. The summed E-state index contributed by atoms with van der Waals surface area (Å²) >= 11 is 0. The Morgan fingerprint density at radius 3 is 2.00 bits per heavy atom. The largest absolute Gasteiger partial charge is 0.378 e. The van der Waals surface area contributed by atoms with Crippen molar-refractivity contribution in [2.75, 3.05) is 19.0 Å². The maximum Gasteiger partial charge on any atom is 0.193 e. The van der Waals surface area contributed by atoms with E-state index in [9.17, 15) is 4.79 Å². The first kappa shape index (κ1) is 17.7. The van der Waals surface area contributed by atoms with Gasteiger partial charge in [0.05, 0.1) is 0 Å². The number of carbonyl (C=O) groups excluding carboxylic acids is 1. The van der Waals surface area contributed by atoms with Crippen LogP contribution in [0, 0.1) is 5.92 Å². The standard InChI is InChI=1S/C23H29NO/c1-24(2)22-16-14-21(15-17-22)23(25)20-12-10-19(11-13-20)9-8-18-6-4-3-5-7-18/h10-18H,3-9H2,1-2H3. The van der Waals surface area contributed by atoms with Gasteiger partial charge in [-0.3, -0.25) is 4.79 Å². The van der Waals surface area contributed by atoms with Gasteiger partial charge in [0.25, 0.3) is 0 Å². The Morgan fingerprint density at radius 1 is 0.880 bits per heavy atom. The van der Waals surface area contributed by atoms with Crippen molar-refractivity contribution in [3.05, 3.63) is 65.2 Å². The van der Waals surface area contributed by atoms with Crippen molar-refractivity contribution in [2.45, 2.75) is 44.9 Å². The van der Waals surface area contributed by atoms with Gasteiger partial charge in [-0.15, -0.1) is 0 Å². The summed E-state index contributed by atoms with van der Waals surface area (Å²) in [5, 5.41) is 0. The van der Waals surface area contributed by atoms with Gasteiger partial charge in [0, 0.05) is 30.9 Å². The molecule has 0 radical (unpaired) electrons. The molecule has 1 saturated carbocycles. The maximum absolute atomic E-state index is 12.6. The quantitative estimate of drug-likeness (QED) is 0.650. The minimum absolute atomic E-state index is 0.101. The number of rotatable bonds is 6. The number of hydrogen-bond donors (Lipinski definition) is 0. The van der Waals surface area contributed by atoms with E-state index in [1.54, 1.807) is 0 Å². The monoisotopic (exact) mass is 335 g/mol. The van der Waals surface area contributed by atoms with Gasteiger partial charge in [-0.2, -0.15) is 0 Å². The summed E-state index contributed by atoms with van der Waals surface area (Å²) in [5.41, 5.74) is 3.99. The molecule has 2 heteroatoms. The molecule has 25 heavy (non-hydrogen) atoms. The minimum atomic E-state index is 0.101. The Balaban J connectivity index is 1.60. The molecule has 0 aliphatic heterocycles. The molecule has 2 nitrogen and oxygen atoms in total. The van der Waals surface area contributed by atoms with E-state index in [0.717, 1.165) is 29.2 Å². The van der Waals surface area contributed by atoms with Gasteiger partial charge in [0.15, 0.2) is 5.78 Å². The summed E-state index contributed by atoms with van der Waals surface area (Å²) in [6.07, 6.45) is 9.47. The predicted octanol–water partition coefficient (Wildman–Crippen LogP) is 5.50. The smallest absolute Gasteiger partial charge is 0.193 e. The Hall–Kier alpha value is -2.09. The lowest BCUT2D eigenvalue weighted by Gasteiger charge is -2.21. The first-order valence-corrected chi connectivity index (χ1v) is 9.54. The highest BCUT2D eigenvalue weighted by Gasteiger charge is 2.13. The molecule has 0 N–H and O–H groups in total. The van der Waals surface area contributed by atoms with Gasteiger partial charge in [-0.05, 0) is 48.6 Å². The lowest BCUT2D eigenvalue weighted by atomic mass is 9.85. The summed E-state index contributed by atoms with van der Waals surface area (Å²) in [7, 11) is 4.01. The number of ketones is 1. The number of nitrogens with zero attached hydrogens (tertiary/aromatic N) is 1. The summed E-state index contributed by atoms with van der Waals surface area (Å²) in [4.78, 5) is 14.7. The van der Waals surface area contributed by atoms with E-state index in [2.05, 4.69) is 12.1 Å². The van der Waals surface area contributed by atoms with E-state index in [1.807, 2.05) is 55.4 Å². The topological polar surface area (TPSA) is 20.3 Å². The molecule has 132 valence electrons. The number of benzene rings is 2. The molecule has 1 fully saturated rings. The van der Waals surface area contributed by atoms with Crippen molar-refractivity contribution < 1.29 is 4.79 Å². The van der Waals surface area contributed by atoms with Gasteiger partial charge in [0.2, 0.25) is 0 Å². The van der Waals surface area contributed by atoms with Crippen LogP contribution in [0.1, 0.15) is 60.0 Å². The second kappa shape index (κ2) is 8.33. The number of carbonyl (C=O) groups is 1. The Morgan fingerprint density at radius 2 is 1.44 bits per heavy atom. The molecule has 0 bridgehead atoms. The van der Waals surface area contributed by atoms with Gasteiger partial charge in [-0.1, -0.05) is 56.4 Å². The maximum atomic E-state index is 12.6. The van der Waals surface area contributed by atoms with Gasteiger partial charge < -0.3 is 4.90 Å². The molecule has 0 saturated heterocycles. The van der Waals surface area contributed by atoms with E-state index in [1.165, 1.54) is 44.1 Å². The molecule has 2 aromatic carbocycles. The van der Waals surface area contributed by atoms with Crippen molar-refractivity contribution in [2.24, 2.45) is 5.92 Å². The van der Waals surface area contributed by atoms with Crippen molar-refractivity contribution in [1.82, 2.24) is 0 Å². The van der Waals surface area contributed by atoms with Crippen LogP contribution in [0.5, 0.6) is 0 Å². The lowest BCUT2D eigenvalue weighted by molar-refractivity contribution is 0.103. The first-order chi connectivity index (χ1) is 12.1. The molecule has 0 unspecified atom stereocenters. The zero-order chi connectivity index (χ0) is 17.6. The van der Waals surface area contributed by atoms with Gasteiger partial charge >= 0.3 is 0 Å². The van der Waals surface area contributed by atoms with Crippen molar-refractivity contribution in [1.29, 1.82) is 0 Å². The fourth-order valence-electron chi connectivity index (χ4n) is 3.75. The summed E-state index contributed by atoms with van der Waals surface area (Å²) < 4.78 is 0. The highest BCUT2D eigenvalue weighted by Crippen LogP contribution is 2.27. The Labute approximate surface area is 151 Å². The summed E-state index contributed by atoms with van der Waals surface area (Å²) in [5.74, 6) is 1.01. The number of anilines is 1. The van der Waals surface area contributed by atoms with E-state index in [0.29, 0.717) is 0 Å². The third-order valence-corrected chi connectivity index (χ3v) is 5.43. The molecule has 0 spiro atoms. The summed E-state index contributed by atoms with van der Waals surface area (Å²) in [6.45, 7) is 0. The van der Waals surface area contributed by atoms with E-state index >= 15 is 0 Å². The molecule has 0 heterocycles. The van der Waals surface area contributed by atoms with E-state index in [-0.39, 0.29) is 5.78 Å². The van der Waals surface area contributed by atoms with Gasteiger partial charge in [0.1, 0.15) is 0 Å². The lowest BCUT2D eigenvalue weighted by Crippen LogP contribution is -2.09. The first-order valence-electron chi connectivity index (χ1n) is 9.54. The highest BCUT2D eigenvalue weighted by atomic mass is 16.1. The number of hydrogen-bond acceptors (Lipinski definition) is 2. The van der Waals surface area contributed by atoms with Crippen LogP contribution < -0.4 is 4.90 Å². The van der Waals surface area contributed by atoms with Crippen molar-refractivity contribution in [3.63, 3.8) is 0 Å². The van der Waals surface area contributed by atoms with Crippen LogP contribution in [0.15, 0.2) is 48.5 Å². The van der Waals surface area contributed by atoms with Crippen LogP contribution in [-0.2, 0) is 6.42 Å². The predicted molar refractivity (Wildman–Crippen MR) is 106 cm³/mol. The van der Waals surface area contributed by atoms with Crippen LogP contribution in [0.3, 0.4) is 0 Å². The zero-order valence-electron chi connectivity index (χ0n) is 15.5. The molecular weight excluding hydrogens is 306 g/mol. The summed E-state index contributed by atoms with van der Waals surface area (Å²) in [6, 6.07) is 16.0. The molecule has 3 rings (SSSR count). The molecule has 0 aromatic heterocycles. The molecule has 1 aliphatic carbocycles. The van der Waals surface area contributed by atoms with Crippen LogP contribution in [0.25, 0.3) is 0 Å².